The van der Waals surface area contributed by atoms with E-state index in [0.29, 0.717) is 22.2 Å². The molecule has 0 saturated carbocycles. The number of amides is 2. The molecule has 1 N–H and O–H groups in total. The predicted octanol–water partition coefficient (Wildman–Crippen LogP) is 5.35. The van der Waals surface area contributed by atoms with Gasteiger partial charge in [-0.25, -0.2) is 4.90 Å². The van der Waals surface area contributed by atoms with E-state index in [2.05, 4.69) is 5.32 Å². The monoisotopic (exact) mass is 466 g/mol. The van der Waals surface area contributed by atoms with Crippen molar-refractivity contribution in [1.29, 1.82) is 0 Å². The lowest BCUT2D eigenvalue weighted by molar-refractivity contribution is -0.120. The summed E-state index contributed by atoms with van der Waals surface area (Å²) in [5, 5.41) is 3.49. The van der Waals surface area contributed by atoms with Crippen LogP contribution in [0.25, 0.3) is 0 Å². The first kappa shape index (κ1) is 21.8. The number of hydrogen-bond donors (Lipinski definition) is 1. The molecule has 0 unspecified atom stereocenters. The number of anilines is 2. The maximum absolute atomic E-state index is 13.5. The lowest BCUT2D eigenvalue weighted by Gasteiger charge is -2.18. The van der Waals surface area contributed by atoms with Crippen LogP contribution in [0.1, 0.15) is 0 Å². The standard InChI is InChI=1S/C24H19ClN2O4S/c1-30-17-8-6-7-16(14-17)26-21-22(32-18-9-4-3-5-10-18)24(29)27(23(21)28)19-13-15(25)11-12-20(19)31-2/h3-14,26H,1-2H3. The average molecular weight is 467 g/mol. The van der Waals surface area contributed by atoms with E-state index in [4.69, 9.17) is 21.1 Å². The van der Waals surface area contributed by atoms with E-state index in [-0.39, 0.29) is 16.3 Å². The Morgan fingerprint density at radius 2 is 1.66 bits per heavy atom. The molecule has 0 saturated heterocycles. The summed E-state index contributed by atoms with van der Waals surface area (Å²) in [5.74, 6) is 0.0208. The van der Waals surface area contributed by atoms with Crippen LogP contribution in [-0.4, -0.2) is 26.0 Å². The second kappa shape index (κ2) is 9.38. The molecule has 6 nitrogen and oxygen atoms in total. The summed E-state index contributed by atoms with van der Waals surface area (Å²) >= 11 is 7.38. The van der Waals surface area contributed by atoms with E-state index in [9.17, 15) is 9.59 Å². The number of ether oxygens (including phenoxy) is 2. The molecule has 162 valence electrons. The Hall–Kier alpha value is -3.42. The van der Waals surface area contributed by atoms with Crippen LogP contribution in [0, 0.1) is 0 Å². The molecule has 1 heterocycles. The van der Waals surface area contributed by atoms with Crippen molar-refractivity contribution in [3.63, 3.8) is 0 Å². The molecule has 0 fully saturated rings. The number of nitrogens with one attached hydrogen (secondary N) is 1. The Kier molecular flexibility index (Phi) is 6.39. The first-order valence-electron chi connectivity index (χ1n) is 9.62. The fraction of sp³-hybridized carbons (Fsp3) is 0.0833. The van der Waals surface area contributed by atoms with Gasteiger partial charge in [0, 0.05) is 21.7 Å². The first-order chi connectivity index (χ1) is 15.5. The van der Waals surface area contributed by atoms with E-state index in [0.717, 1.165) is 9.80 Å². The van der Waals surface area contributed by atoms with Crippen molar-refractivity contribution in [3.05, 3.63) is 88.4 Å². The van der Waals surface area contributed by atoms with E-state index >= 15 is 0 Å². The number of imide groups is 1. The van der Waals surface area contributed by atoms with Gasteiger partial charge in [-0.2, -0.15) is 0 Å². The Morgan fingerprint density at radius 1 is 0.875 bits per heavy atom. The summed E-state index contributed by atoms with van der Waals surface area (Å²) in [6.45, 7) is 0. The molecule has 1 aliphatic rings. The van der Waals surface area contributed by atoms with Crippen molar-refractivity contribution in [2.24, 2.45) is 0 Å². The van der Waals surface area contributed by atoms with Gasteiger partial charge >= 0.3 is 0 Å². The Bertz CT molecular complexity index is 1210. The highest BCUT2D eigenvalue weighted by Crippen LogP contribution is 2.41. The van der Waals surface area contributed by atoms with Crippen LogP contribution in [0.3, 0.4) is 0 Å². The van der Waals surface area contributed by atoms with Gasteiger partial charge in [0.2, 0.25) is 0 Å². The molecule has 0 spiro atoms. The van der Waals surface area contributed by atoms with Gasteiger partial charge in [0.1, 0.15) is 22.1 Å². The summed E-state index contributed by atoms with van der Waals surface area (Å²) in [6.07, 6.45) is 0. The highest BCUT2D eigenvalue weighted by molar-refractivity contribution is 8.04. The van der Waals surface area contributed by atoms with Gasteiger partial charge in [0.25, 0.3) is 11.8 Å². The molecule has 0 aliphatic carbocycles. The van der Waals surface area contributed by atoms with Crippen LogP contribution in [-0.2, 0) is 9.59 Å². The SMILES string of the molecule is COc1cccc(NC2=C(Sc3ccccc3)C(=O)N(c3cc(Cl)ccc3OC)C2=O)c1. The highest BCUT2D eigenvalue weighted by atomic mass is 35.5. The zero-order valence-electron chi connectivity index (χ0n) is 17.3. The molecule has 1 aliphatic heterocycles. The second-order valence-electron chi connectivity index (χ2n) is 6.74. The van der Waals surface area contributed by atoms with Crippen LogP contribution < -0.4 is 19.7 Å². The molecule has 3 aromatic rings. The lowest BCUT2D eigenvalue weighted by atomic mass is 10.2. The maximum atomic E-state index is 13.5. The zero-order chi connectivity index (χ0) is 22.7. The molecular weight excluding hydrogens is 448 g/mol. The molecule has 3 aromatic carbocycles. The molecule has 8 heteroatoms. The normalized spacial score (nSPS) is 13.5. The van der Waals surface area contributed by atoms with Crippen molar-refractivity contribution in [3.8, 4) is 11.5 Å². The summed E-state index contributed by atoms with van der Waals surface area (Å²) < 4.78 is 10.6. The van der Waals surface area contributed by atoms with E-state index < -0.39 is 11.8 Å². The fourth-order valence-corrected chi connectivity index (χ4v) is 4.34. The van der Waals surface area contributed by atoms with Gasteiger partial charge in [0.15, 0.2) is 0 Å². The van der Waals surface area contributed by atoms with Crippen molar-refractivity contribution in [2.45, 2.75) is 4.90 Å². The molecule has 0 aromatic heterocycles. The Labute approximate surface area is 194 Å². The third kappa shape index (κ3) is 4.30. The van der Waals surface area contributed by atoms with Gasteiger partial charge < -0.3 is 14.8 Å². The number of benzene rings is 3. The summed E-state index contributed by atoms with van der Waals surface area (Å²) in [4.78, 5) is 29.2. The van der Waals surface area contributed by atoms with E-state index in [1.54, 1.807) is 43.5 Å². The third-order valence-corrected chi connectivity index (χ3v) is 6.05. The van der Waals surface area contributed by atoms with Crippen molar-refractivity contribution < 1.29 is 19.1 Å². The number of rotatable bonds is 7. The predicted molar refractivity (Wildman–Crippen MR) is 126 cm³/mol. The van der Waals surface area contributed by atoms with Crippen molar-refractivity contribution in [2.75, 3.05) is 24.4 Å². The third-order valence-electron chi connectivity index (χ3n) is 4.73. The Morgan fingerprint density at radius 3 is 2.38 bits per heavy atom. The number of nitrogens with zero attached hydrogens (tertiary/aromatic N) is 1. The topological polar surface area (TPSA) is 67.9 Å². The van der Waals surface area contributed by atoms with Crippen molar-refractivity contribution >= 4 is 46.6 Å². The molecular formula is C24H19ClN2O4S. The van der Waals surface area contributed by atoms with Crippen molar-refractivity contribution in [1.82, 2.24) is 0 Å². The Balaban J connectivity index is 1.78. The number of halogens is 1. The van der Waals surface area contributed by atoms with Gasteiger partial charge in [-0.1, -0.05) is 47.6 Å². The first-order valence-corrected chi connectivity index (χ1v) is 10.8. The summed E-state index contributed by atoms with van der Waals surface area (Å²) in [6, 6.07) is 21.3. The molecule has 32 heavy (non-hydrogen) atoms. The lowest BCUT2D eigenvalue weighted by Crippen LogP contribution is -2.32. The van der Waals surface area contributed by atoms with Crippen LogP contribution in [0.4, 0.5) is 11.4 Å². The van der Waals surface area contributed by atoms with Gasteiger partial charge in [-0.3, -0.25) is 9.59 Å². The summed E-state index contributed by atoms with van der Waals surface area (Å²) in [7, 11) is 3.03. The number of methoxy groups -OCH3 is 2. The zero-order valence-corrected chi connectivity index (χ0v) is 18.9. The van der Waals surface area contributed by atoms with Crippen LogP contribution >= 0.6 is 23.4 Å². The number of carbonyl (C=O) groups excluding carboxylic acids is 2. The molecule has 0 bridgehead atoms. The smallest absolute Gasteiger partial charge is 0.283 e. The molecule has 2 amide bonds. The van der Waals surface area contributed by atoms with E-state index in [1.165, 1.54) is 24.9 Å². The van der Waals surface area contributed by atoms with Gasteiger partial charge in [-0.15, -0.1) is 0 Å². The fourth-order valence-electron chi connectivity index (χ4n) is 3.22. The van der Waals surface area contributed by atoms with Gasteiger partial charge in [-0.05, 0) is 42.5 Å². The largest absolute Gasteiger partial charge is 0.497 e. The minimum atomic E-state index is -0.503. The van der Waals surface area contributed by atoms with E-state index in [1.807, 2.05) is 30.3 Å². The number of carbonyl (C=O) groups is 2. The average Bonchev–Trinajstić information content (AvgIpc) is 3.03. The second-order valence-corrected chi connectivity index (χ2v) is 8.26. The summed E-state index contributed by atoms with van der Waals surface area (Å²) in [5.41, 5.74) is 1.06. The minimum absolute atomic E-state index is 0.166. The molecule has 0 atom stereocenters. The number of hydrogen-bond acceptors (Lipinski definition) is 6. The van der Waals surface area contributed by atoms with Gasteiger partial charge in [0.05, 0.1) is 19.9 Å². The molecule has 0 radical (unpaired) electrons. The van der Waals surface area contributed by atoms with Crippen LogP contribution in [0.5, 0.6) is 11.5 Å². The number of thioether (sulfide) groups is 1. The van der Waals surface area contributed by atoms with Crippen LogP contribution in [0.2, 0.25) is 5.02 Å². The highest BCUT2D eigenvalue weighted by Gasteiger charge is 2.41. The molecule has 4 rings (SSSR count). The maximum Gasteiger partial charge on any atom is 0.283 e. The minimum Gasteiger partial charge on any atom is -0.497 e. The van der Waals surface area contributed by atoms with Crippen LogP contribution in [0.15, 0.2) is 88.3 Å². The quantitative estimate of drug-likeness (QED) is 0.474.